The smallest absolute Gasteiger partial charge is 0.229 e. The summed E-state index contributed by atoms with van der Waals surface area (Å²) >= 11 is 0. The molecule has 1 fully saturated rings. The number of nitrogens with zero attached hydrogens (tertiary/aromatic N) is 4. The Kier molecular flexibility index (Phi) is 3.39. The van der Waals surface area contributed by atoms with Crippen molar-refractivity contribution in [2.75, 3.05) is 16.8 Å². The van der Waals surface area contributed by atoms with Crippen molar-refractivity contribution in [3.63, 3.8) is 0 Å². The van der Waals surface area contributed by atoms with E-state index in [1.54, 1.807) is 53.5 Å². The normalized spacial score (nSPS) is 18.0. The minimum atomic E-state index is -0.356. The summed E-state index contributed by atoms with van der Waals surface area (Å²) in [5.41, 5.74) is 1.41. The summed E-state index contributed by atoms with van der Waals surface area (Å²) in [5, 5.41) is 6.85. The fraction of sp³-hybridized carbons (Fsp3) is 0.286. The fourth-order valence-electron chi connectivity index (χ4n) is 2.36. The molecular formula is C14H15N5O2. The molecule has 0 radical (unpaired) electrons. The lowest BCUT2D eigenvalue weighted by Crippen LogP contribution is -2.27. The van der Waals surface area contributed by atoms with Crippen molar-refractivity contribution in [1.82, 2.24) is 14.8 Å². The molecule has 3 rings (SSSR count). The second-order valence-electron chi connectivity index (χ2n) is 5.00. The van der Waals surface area contributed by atoms with Gasteiger partial charge in [0.25, 0.3) is 0 Å². The van der Waals surface area contributed by atoms with Crippen LogP contribution in [0.2, 0.25) is 0 Å². The summed E-state index contributed by atoms with van der Waals surface area (Å²) in [6.45, 7) is 0.376. The zero-order valence-electron chi connectivity index (χ0n) is 11.6. The Hall–Kier alpha value is -2.70. The Morgan fingerprint density at radius 1 is 1.38 bits per heavy atom. The number of hydrogen-bond donors (Lipinski definition) is 1. The molecule has 1 aliphatic rings. The van der Waals surface area contributed by atoms with Gasteiger partial charge in [-0.25, -0.2) is 0 Å². The van der Waals surface area contributed by atoms with Crippen LogP contribution in [-0.4, -0.2) is 33.1 Å². The molecule has 1 saturated heterocycles. The molecule has 1 N–H and O–H groups in total. The first kappa shape index (κ1) is 13.3. The number of nitrogens with one attached hydrogen (secondary N) is 1. The van der Waals surface area contributed by atoms with E-state index in [4.69, 9.17) is 0 Å². The van der Waals surface area contributed by atoms with Gasteiger partial charge in [-0.05, 0) is 12.1 Å². The van der Waals surface area contributed by atoms with Gasteiger partial charge in [0.05, 0.1) is 17.8 Å². The third-order valence-corrected chi connectivity index (χ3v) is 3.45. The number of aromatic nitrogens is 3. The van der Waals surface area contributed by atoms with Crippen LogP contribution in [0.4, 0.5) is 11.4 Å². The molecule has 108 valence electrons. The molecule has 0 unspecified atom stereocenters. The van der Waals surface area contributed by atoms with Gasteiger partial charge in [-0.15, -0.1) is 0 Å². The quantitative estimate of drug-likeness (QED) is 0.905. The minimum absolute atomic E-state index is 0.0575. The summed E-state index contributed by atoms with van der Waals surface area (Å²) in [5.74, 6) is -0.565. The SMILES string of the molecule is Cn1cc(N2C[C@H](C(=O)Nc3ccncc3)CC2=O)cn1. The van der Waals surface area contributed by atoms with Crippen molar-refractivity contribution in [1.29, 1.82) is 0 Å². The molecule has 1 atom stereocenters. The molecule has 7 heteroatoms. The van der Waals surface area contributed by atoms with Gasteiger partial charge in [-0.3, -0.25) is 19.3 Å². The number of amides is 2. The maximum Gasteiger partial charge on any atom is 0.229 e. The molecule has 21 heavy (non-hydrogen) atoms. The van der Waals surface area contributed by atoms with Crippen LogP contribution < -0.4 is 10.2 Å². The van der Waals surface area contributed by atoms with Crippen LogP contribution in [0.5, 0.6) is 0 Å². The number of carbonyl (C=O) groups excluding carboxylic acids is 2. The molecular weight excluding hydrogens is 270 g/mol. The molecule has 3 heterocycles. The molecule has 0 spiro atoms. The zero-order valence-corrected chi connectivity index (χ0v) is 11.6. The number of pyridine rings is 1. The third kappa shape index (κ3) is 2.76. The maximum atomic E-state index is 12.2. The van der Waals surface area contributed by atoms with E-state index in [1.807, 2.05) is 0 Å². The summed E-state index contributed by atoms with van der Waals surface area (Å²) in [6.07, 6.45) is 6.82. The first-order valence-electron chi connectivity index (χ1n) is 6.63. The standard InChI is InChI=1S/C14H15N5O2/c1-18-9-12(7-16-18)19-8-10(6-13(19)20)14(21)17-11-2-4-15-5-3-11/h2-5,7,9-10H,6,8H2,1H3,(H,15,17,21)/t10-/m1/s1. The number of aryl methyl sites for hydroxylation is 1. The number of hydrogen-bond acceptors (Lipinski definition) is 4. The Morgan fingerprint density at radius 3 is 2.81 bits per heavy atom. The second-order valence-corrected chi connectivity index (χ2v) is 5.00. The van der Waals surface area contributed by atoms with Crippen molar-refractivity contribution >= 4 is 23.2 Å². The highest BCUT2D eigenvalue weighted by molar-refractivity contribution is 6.03. The number of anilines is 2. The van der Waals surface area contributed by atoms with Crippen molar-refractivity contribution in [2.24, 2.45) is 13.0 Å². The maximum absolute atomic E-state index is 12.2. The van der Waals surface area contributed by atoms with Crippen LogP contribution in [0.1, 0.15) is 6.42 Å². The van der Waals surface area contributed by atoms with Crippen molar-refractivity contribution < 1.29 is 9.59 Å². The molecule has 0 saturated carbocycles. The largest absolute Gasteiger partial charge is 0.326 e. The molecule has 1 aliphatic heterocycles. The lowest BCUT2D eigenvalue weighted by atomic mass is 10.1. The van der Waals surface area contributed by atoms with Crippen LogP contribution in [-0.2, 0) is 16.6 Å². The first-order chi connectivity index (χ1) is 10.1. The Labute approximate surface area is 121 Å². The summed E-state index contributed by atoms with van der Waals surface area (Å²) in [4.78, 5) is 29.8. The summed E-state index contributed by atoms with van der Waals surface area (Å²) in [7, 11) is 1.79. The number of rotatable bonds is 3. The van der Waals surface area contributed by atoms with Crippen molar-refractivity contribution in [3.05, 3.63) is 36.9 Å². The van der Waals surface area contributed by atoms with E-state index in [2.05, 4.69) is 15.4 Å². The molecule has 7 nitrogen and oxygen atoms in total. The average Bonchev–Trinajstić information content (AvgIpc) is 3.06. The van der Waals surface area contributed by atoms with Crippen LogP contribution in [0.25, 0.3) is 0 Å². The predicted molar refractivity (Wildman–Crippen MR) is 76.5 cm³/mol. The van der Waals surface area contributed by atoms with E-state index < -0.39 is 0 Å². The van der Waals surface area contributed by atoms with Gasteiger partial charge in [0, 0.05) is 44.3 Å². The Morgan fingerprint density at radius 2 is 2.14 bits per heavy atom. The van der Waals surface area contributed by atoms with Gasteiger partial charge in [0.15, 0.2) is 0 Å². The second kappa shape index (κ2) is 5.35. The van der Waals surface area contributed by atoms with Gasteiger partial charge in [0.2, 0.25) is 11.8 Å². The van der Waals surface area contributed by atoms with Gasteiger partial charge in [-0.2, -0.15) is 5.10 Å². The van der Waals surface area contributed by atoms with E-state index >= 15 is 0 Å². The topological polar surface area (TPSA) is 80.1 Å². The van der Waals surface area contributed by atoms with E-state index in [0.29, 0.717) is 12.2 Å². The highest BCUT2D eigenvalue weighted by atomic mass is 16.2. The molecule has 2 aromatic rings. The highest BCUT2D eigenvalue weighted by Crippen LogP contribution is 2.25. The number of carbonyl (C=O) groups is 2. The molecule has 2 aromatic heterocycles. The van der Waals surface area contributed by atoms with Crippen LogP contribution in [0.15, 0.2) is 36.9 Å². The third-order valence-electron chi connectivity index (χ3n) is 3.45. The zero-order chi connectivity index (χ0) is 14.8. The van der Waals surface area contributed by atoms with Crippen LogP contribution in [0.3, 0.4) is 0 Å². The Bertz CT molecular complexity index is 667. The van der Waals surface area contributed by atoms with Crippen LogP contribution >= 0.6 is 0 Å². The fourth-order valence-corrected chi connectivity index (χ4v) is 2.36. The molecule has 0 aliphatic carbocycles. The van der Waals surface area contributed by atoms with Crippen molar-refractivity contribution in [2.45, 2.75) is 6.42 Å². The van der Waals surface area contributed by atoms with E-state index in [0.717, 1.165) is 5.69 Å². The highest BCUT2D eigenvalue weighted by Gasteiger charge is 2.35. The summed E-state index contributed by atoms with van der Waals surface area (Å²) < 4.78 is 1.63. The predicted octanol–water partition coefficient (Wildman–Crippen LogP) is 0.807. The molecule has 0 bridgehead atoms. The van der Waals surface area contributed by atoms with Crippen molar-refractivity contribution in [3.8, 4) is 0 Å². The lowest BCUT2D eigenvalue weighted by molar-refractivity contribution is -0.122. The van der Waals surface area contributed by atoms with Gasteiger partial charge in [-0.1, -0.05) is 0 Å². The van der Waals surface area contributed by atoms with Gasteiger partial charge in [0.1, 0.15) is 0 Å². The van der Waals surface area contributed by atoms with E-state index in [-0.39, 0.29) is 24.2 Å². The lowest BCUT2D eigenvalue weighted by Gasteiger charge is -2.14. The minimum Gasteiger partial charge on any atom is -0.326 e. The Balaban J connectivity index is 1.68. The van der Waals surface area contributed by atoms with Gasteiger partial charge >= 0.3 is 0 Å². The van der Waals surface area contributed by atoms with Crippen LogP contribution in [0, 0.1) is 5.92 Å². The van der Waals surface area contributed by atoms with Gasteiger partial charge < -0.3 is 10.2 Å². The average molecular weight is 285 g/mol. The molecule has 2 amide bonds. The molecule has 0 aromatic carbocycles. The monoisotopic (exact) mass is 285 g/mol. The summed E-state index contributed by atoms with van der Waals surface area (Å²) in [6, 6.07) is 3.43. The first-order valence-corrected chi connectivity index (χ1v) is 6.63. The van der Waals surface area contributed by atoms with E-state index in [9.17, 15) is 9.59 Å². The van der Waals surface area contributed by atoms with E-state index in [1.165, 1.54) is 0 Å².